The van der Waals surface area contributed by atoms with Gasteiger partial charge in [0.15, 0.2) is 0 Å². The first-order valence-electron chi connectivity index (χ1n) is 4.32. The van der Waals surface area contributed by atoms with Gasteiger partial charge in [-0.15, -0.1) is 0 Å². The van der Waals surface area contributed by atoms with Crippen LogP contribution in [-0.2, 0) is 16.1 Å². The maximum Gasteiger partial charge on any atom is 0.326 e. The molecule has 0 spiro atoms. The lowest BCUT2D eigenvalue weighted by molar-refractivity contribution is -0.143. The summed E-state index contributed by atoms with van der Waals surface area (Å²) >= 11 is 0. The second kappa shape index (κ2) is 4.55. The number of carbonyl (C=O) groups is 1. The second-order valence-corrected chi connectivity index (χ2v) is 2.80. The highest BCUT2D eigenvalue weighted by atomic mass is 16.5. The Kier molecular flexibility index (Phi) is 3.39. The summed E-state index contributed by atoms with van der Waals surface area (Å²) < 4.78 is 5.92. The lowest BCUT2D eigenvalue weighted by Gasteiger charge is -2.04. The van der Waals surface area contributed by atoms with Gasteiger partial charge in [-0.2, -0.15) is 0 Å². The van der Waals surface area contributed by atoms with Crippen LogP contribution in [-0.4, -0.2) is 22.1 Å². The standard InChI is InChI=1S/C9H12N2O3/c1-3-14-9(13)5-11-6-10-7(2)4-8(11)12/h4,6H,3,5H2,1-2H3. The second-order valence-electron chi connectivity index (χ2n) is 2.80. The zero-order valence-electron chi connectivity index (χ0n) is 8.19. The molecule has 0 fully saturated rings. The summed E-state index contributed by atoms with van der Waals surface area (Å²) in [4.78, 5) is 26.2. The summed E-state index contributed by atoms with van der Waals surface area (Å²) in [6, 6.07) is 1.37. The van der Waals surface area contributed by atoms with Crippen molar-refractivity contribution in [3.63, 3.8) is 0 Å². The van der Waals surface area contributed by atoms with Crippen LogP contribution in [0.1, 0.15) is 12.6 Å². The van der Waals surface area contributed by atoms with Gasteiger partial charge in [-0.3, -0.25) is 14.2 Å². The molecule has 0 saturated heterocycles. The summed E-state index contributed by atoms with van der Waals surface area (Å²) in [5, 5.41) is 0. The normalized spacial score (nSPS) is 9.86. The zero-order chi connectivity index (χ0) is 10.6. The van der Waals surface area contributed by atoms with Crippen LogP contribution in [0.4, 0.5) is 0 Å². The largest absolute Gasteiger partial charge is 0.465 e. The molecule has 0 bridgehead atoms. The Morgan fingerprint density at radius 1 is 1.64 bits per heavy atom. The van der Waals surface area contributed by atoms with Gasteiger partial charge in [0.1, 0.15) is 6.54 Å². The van der Waals surface area contributed by atoms with Crippen LogP contribution in [0.2, 0.25) is 0 Å². The van der Waals surface area contributed by atoms with Gasteiger partial charge < -0.3 is 4.74 Å². The molecule has 1 aromatic heterocycles. The number of aromatic nitrogens is 2. The molecule has 0 amide bonds. The van der Waals surface area contributed by atoms with Gasteiger partial charge in [0, 0.05) is 11.8 Å². The van der Waals surface area contributed by atoms with E-state index in [1.165, 1.54) is 17.0 Å². The van der Waals surface area contributed by atoms with E-state index < -0.39 is 5.97 Å². The van der Waals surface area contributed by atoms with Crippen LogP contribution in [0.15, 0.2) is 17.2 Å². The molecule has 0 aliphatic rings. The predicted molar refractivity (Wildman–Crippen MR) is 49.9 cm³/mol. The fourth-order valence-electron chi connectivity index (χ4n) is 0.981. The first kappa shape index (κ1) is 10.4. The first-order chi connectivity index (χ1) is 6.63. The van der Waals surface area contributed by atoms with Gasteiger partial charge >= 0.3 is 5.97 Å². The number of ether oxygens (including phenoxy) is 1. The average molecular weight is 196 g/mol. The topological polar surface area (TPSA) is 61.2 Å². The highest BCUT2D eigenvalue weighted by molar-refractivity contribution is 5.69. The molecular weight excluding hydrogens is 184 g/mol. The summed E-state index contributed by atoms with van der Waals surface area (Å²) in [6.07, 6.45) is 1.34. The van der Waals surface area contributed by atoms with E-state index in [4.69, 9.17) is 4.74 Å². The lowest BCUT2D eigenvalue weighted by Crippen LogP contribution is -2.25. The minimum absolute atomic E-state index is 0.0834. The van der Waals surface area contributed by atoms with Crippen molar-refractivity contribution in [2.45, 2.75) is 20.4 Å². The number of hydrogen-bond donors (Lipinski definition) is 0. The summed E-state index contributed by atoms with van der Waals surface area (Å²) in [6.45, 7) is 3.66. The Hall–Kier alpha value is -1.65. The third-order valence-electron chi connectivity index (χ3n) is 1.62. The van der Waals surface area contributed by atoms with Crippen LogP contribution in [0.5, 0.6) is 0 Å². The Labute approximate surface area is 81.3 Å². The van der Waals surface area contributed by atoms with E-state index in [1.54, 1.807) is 13.8 Å². The maximum absolute atomic E-state index is 11.3. The molecule has 5 heteroatoms. The molecule has 0 aliphatic heterocycles. The summed E-state index contributed by atoms with van der Waals surface area (Å²) in [7, 11) is 0. The van der Waals surface area contributed by atoms with Crippen molar-refractivity contribution < 1.29 is 9.53 Å². The summed E-state index contributed by atoms with van der Waals surface area (Å²) in [5.74, 6) is -0.430. The fourth-order valence-corrected chi connectivity index (χ4v) is 0.981. The molecule has 0 aromatic carbocycles. The van der Waals surface area contributed by atoms with Crippen LogP contribution in [0, 0.1) is 6.92 Å². The van der Waals surface area contributed by atoms with E-state index in [-0.39, 0.29) is 12.1 Å². The molecule has 1 rings (SSSR count). The number of rotatable bonds is 3. The maximum atomic E-state index is 11.3. The van der Waals surface area contributed by atoms with E-state index in [9.17, 15) is 9.59 Å². The lowest BCUT2D eigenvalue weighted by atomic mass is 10.4. The molecule has 1 heterocycles. The predicted octanol–water partition coefficient (Wildman–Crippen LogP) is 0.115. The number of esters is 1. The highest BCUT2D eigenvalue weighted by Crippen LogP contribution is 1.87. The van der Waals surface area contributed by atoms with E-state index in [0.29, 0.717) is 12.3 Å². The van der Waals surface area contributed by atoms with Gasteiger partial charge in [0.2, 0.25) is 0 Å². The van der Waals surface area contributed by atoms with Crippen molar-refractivity contribution in [2.75, 3.05) is 6.61 Å². The Balaban J connectivity index is 2.77. The number of aryl methyl sites for hydroxylation is 1. The van der Waals surface area contributed by atoms with Crippen LogP contribution >= 0.6 is 0 Å². The van der Waals surface area contributed by atoms with Crippen molar-refractivity contribution in [3.8, 4) is 0 Å². The minimum atomic E-state index is -0.430. The van der Waals surface area contributed by atoms with Crippen molar-refractivity contribution in [3.05, 3.63) is 28.4 Å². The quantitative estimate of drug-likeness (QED) is 0.644. The number of carbonyl (C=O) groups excluding carboxylic acids is 1. The number of hydrogen-bond acceptors (Lipinski definition) is 4. The molecule has 0 radical (unpaired) electrons. The summed E-state index contributed by atoms with van der Waals surface area (Å²) in [5.41, 5.74) is 0.390. The zero-order valence-corrected chi connectivity index (χ0v) is 8.19. The van der Waals surface area contributed by atoms with Crippen molar-refractivity contribution >= 4 is 5.97 Å². The average Bonchev–Trinajstić information content (AvgIpc) is 2.10. The van der Waals surface area contributed by atoms with Crippen LogP contribution < -0.4 is 5.56 Å². The Morgan fingerprint density at radius 3 is 2.93 bits per heavy atom. The molecule has 0 unspecified atom stereocenters. The molecular formula is C9H12N2O3. The smallest absolute Gasteiger partial charge is 0.326 e. The van der Waals surface area contributed by atoms with E-state index >= 15 is 0 Å². The molecule has 0 aliphatic carbocycles. The van der Waals surface area contributed by atoms with Crippen molar-refractivity contribution in [1.82, 2.24) is 9.55 Å². The van der Waals surface area contributed by atoms with Crippen molar-refractivity contribution in [2.24, 2.45) is 0 Å². The Morgan fingerprint density at radius 2 is 2.36 bits per heavy atom. The SMILES string of the molecule is CCOC(=O)Cn1cnc(C)cc1=O. The fraction of sp³-hybridized carbons (Fsp3) is 0.444. The monoisotopic (exact) mass is 196 g/mol. The third-order valence-corrected chi connectivity index (χ3v) is 1.62. The Bertz CT molecular complexity index is 384. The first-order valence-corrected chi connectivity index (χ1v) is 4.32. The minimum Gasteiger partial charge on any atom is -0.465 e. The molecule has 0 saturated carbocycles. The van der Waals surface area contributed by atoms with Gasteiger partial charge in [0.05, 0.1) is 12.9 Å². The molecule has 1 aromatic rings. The van der Waals surface area contributed by atoms with Crippen molar-refractivity contribution in [1.29, 1.82) is 0 Å². The molecule has 14 heavy (non-hydrogen) atoms. The van der Waals surface area contributed by atoms with Crippen LogP contribution in [0.3, 0.4) is 0 Å². The van der Waals surface area contributed by atoms with Crippen LogP contribution in [0.25, 0.3) is 0 Å². The van der Waals surface area contributed by atoms with E-state index in [2.05, 4.69) is 4.98 Å². The number of nitrogens with zero attached hydrogens (tertiary/aromatic N) is 2. The van der Waals surface area contributed by atoms with Gasteiger partial charge in [0.25, 0.3) is 5.56 Å². The van der Waals surface area contributed by atoms with Gasteiger partial charge in [-0.25, -0.2) is 4.98 Å². The molecule has 0 N–H and O–H groups in total. The van der Waals surface area contributed by atoms with Gasteiger partial charge in [-0.05, 0) is 13.8 Å². The van der Waals surface area contributed by atoms with E-state index in [1.807, 2.05) is 0 Å². The molecule has 5 nitrogen and oxygen atoms in total. The molecule has 76 valence electrons. The van der Waals surface area contributed by atoms with E-state index in [0.717, 1.165) is 0 Å². The third kappa shape index (κ3) is 2.69. The highest BCUT2D eigenvalue weighted by Gasteiger charge is 2.04. The van der Waals surface area contributed by atoms with Gasteiger partial charge in [-0.1, -0.05) is 0 Å². The molecule has 0 atom stereocenters.